The molecule has 0 N–H and O–H groups in total. The Hall–Kier alpha value is -6.31. The summed E-state index contributed by atoms with van der Waals surface area (Å²) in [6.45, 7) is 0. The molecule has 0 saturated heterocycles. The Morgan fingerprint density at radius 2 is 0.808 bits per heavy atom. The third-order valence-electron chi connectivity index (χ3n) is 10.1. The van der Waals surface area contributed by atoms with Gasteiger partial charge in [0, 0.05) is 40.3 Å². The Morgan fingerprint density at radius 3 is 1.44 bits per heavy atom. The number of nitrogens with zero attached hydrogens (tertiary/aromatic N) is 1. The van der Waals surface area contributed by atoms with Crippen LogP contribution in [0.3, 0.4) is 0 Å². The summed E-state index contributed by atoms with van der Waals surface area (Å²) in [5, 5.41) is 15.4. The first-order valence-corrected chi connectivity index (χ1v) is 19.0. The number of hydrogen-bond acceptors (Lipinski definition) is 3. The first-order valence-electron chi connectivity index (χ1n) is 17.4. The lowest BCUT2D eigenvalue weighted by Crippen LogP contribution is -1.94. The Morgan fingerprint density at radius 1 is 0.346 bits per heavy atom. The smallest absolute Gasteiger partial charge is 0.0998 e. The maximum absolute atomic E-state index is 10.2. The molecule has 10 aromatic rings. The van der Waals surface area contributed by atoms with E-state index in [4.69, 9.17) is 0 Å². The van der Waals surface area contributed by atoms with Gasteiger partial charge in [-0.05, 0) is 104 Å². The van der Waals surface area contributed by atoms with Crippen molar-refractivity contribution in [1.29, 1.82) is 5.26 Å². The number of benzene rings is 8. The molecule has 8 aromatic carbocycles. The van der Waals surface area contributed by atoms with E-state index in [9.17, 15) is 5.26 Å². The summed E-state index contributed by atoms with van der Waals surface area (Å²) in [6.07, 6.45) is 0. The van der Waals surface area contributed by atoms with Crippen LogP contribution in [-0.2, 0) is 0 Å². The Balaban J connectivity index is 1.36. The van der Waals surface area contributed by atoms with Gasteiger partial charge in [0.2, 0.25) is 0 Å². The molecule has 2 heterocycles. The second-order valence-corrected chi connectivity index (χ2v) is 15.3. The van der Waals surface area contributed by atoms with Crippen molar-refractivity contribution in [1.82, 2.24) is 0 Å². The van der Waals surface area contributed by atoms with Crippen molar-refractivity contribution in [2.45, 2.75) is 0 Å². The van der Waals surface area contributed by atoms with Crippen LogP contribution in [0.15, 0.2) is 176 Å². The van der Waals surface area contributed by atoms with Gasteiger partial charge in [0.1, 0.15) is 0 Å². The first kappa shape index (κ1) is 30.5. The minimum atomic E-state index is 0.663. The van der Waals surface area contributed by atoms with Gasteiger partial charge in [-0.3, -0.25) is 0 Å². The summed E-state index contributed by atoms with van der Waals surface area (Å²) in [5.74, 6) is 0. The molecule has 2 aromatic heterocycles. The second-order valence-electron chi connectivity index (χ2n) is 13.1. The maximum atomic E-state index is 10.2. The number of nitriles is 1. The fourth-order valence-corrected chi connectivity index (χ4v) is 10.1. The summed E-state index contributed by atoms with van der Waals surface area (Å²) in [5.41, 5.74) is 12.0. The lowest BCUT2D eigenvalue weighted by Gasteiger charge is -2.20. The van der Waals surface area contributed by atoms with E-state index in [-0.39, 0.29) is 0 Å². The van der Waals surface area contributed by atoms with Crippen molar-refractivity contribution in [2.75, 3.05) is 0 Å². The van der Waals surface area contributed by atoms with E-state index in [0.29, 0.717) is 5.56 Å². The van der Waals surface area contributed by atoms with Crippen molar-refractivity contribution in [2.24, 2.45) is 0 Å². The molecule has 0 radical (unpaired) electrons. The van der Waals surface area contributed by atoms with E-state index in [2.05, 4.69) is 164 Å². The minimum absolute atomic E-state index is 0.663. The fraction of sp³-hybridized carbons (Fsp3) is 0. The largest absolute Gasteiger partial charge is 0.192 e. The van der Waals surface area contributed by atoms with Crippen LogP contribution in [0.5, 0.6) is 0 Å². The molecule has 0 aliphatic heterocycles. The molecule has 0 fully saturated rings. The predicted octanol–water partition coefficient (Wildman–Crippen LogP) is 14.6. The van der Waals surface area contributed by atoms with Gasteiger partial charge in [-0.2, -0.15) is 5.26 Å². The number of rotatable bonds is 5. The standard InChI is InChI=1S/C49H29NS2/c50-30-32-15-4-5-16-36(32)34-27-33(31-13-2-1-3-14-31)28-35(29-34)47-37(39-21-11-25-45-48(39)41-17-6-8-23-43(41)51-45)19-10-20-38(47)40-22-12-26-46-49(40)42-18-7-9-24-44(42)52-46/h1-29H. The van der Waals surface area contributed by atoms with Gasteiger partial charge >= 0.3 is 0 Å². The normalized spacial score (nSPS) is 11.4. The second kappa shape index (κ2) is 12.5. The van der Waals surface area contributed by atoms with E-state index in [1.54, 1.807) is 0 Å². The molecule has 0 aliphatic carbocycles. The maximum Gasteiger partial charge on any atom is 0.0998 e. The monoisotopic (exact) mass is 695 g/mol. The molecule has 0 amide bonds. The van der Waals surface area contributed by atoms with E-state index >= 15 is 0 Å². The van der Waals surface area contributed by atoms with Crippen LogP contribution < -0.4 is 0 Å². The summed E-state index contributed by atoms with van der Waals surface area (Å²) < 4.78 is 5.14. The van der Waals surface area contributed by atoms with E-state index in [1.807, 2.05) is 40.9 Å². The van der Waals surface area contributed by atoms with Crippen molar-refractivity contribution in [3.8, 4) is 61.7 Å². The van der Waals surface area contributed by atoms with Gasteiger partial charge in [-0.15, -0.1) is 22.7 Å². The Labute approximate surface area is 309 Å². The van der Waals surface area contributed by atoms with E-state index in [1.165, 1.54) is 68.2 Å². The SMILES string of the molecule is N#Cc1ccccc1-c1cc(-c2ccccc2)cc(-c2c(-c3cccc4sc5ccccc5c34)cccc2-c2cccc3sc4ccccc4c23)c1. The van der Waals surface area contributed by atoms with Crippen LogP contribution in [-0.4, -0.2) is 0 Å². The summed E-state index contributed by atoms with van der Waals surface area (Å²) in [6, 6.07) is 65.7. The number of fused-ring (bicyclic) bond motifs is 6. The zero-order valence-corrected chi connectivity index (χ0v) is 29.6. The van der Waals surface area contributed by atoms with Crippen molar-refractivity contribution in [3.63, 3.8) is 0 Å². The van der Waals surface area contributed by atoms with E-state index < -0.39 is 0 Å². The van der Waals surface area contributed by atoms with E-state index in [0.717, 1.165) is 27.8 Å². The van der Waals surface area contributed by atoms with Crippen LogP contribution in [0, 0.1) is 11.3 Å². The minimum Gasteiger partial charge on any atom is -0.192 e. The summed E-state index contributed by atoms with van der Waals surface area (Å²) >= 11 is 3.70. The zero-order valence-electron chi connectivity index (χ0n) is 28.0. The summed E-state index contributed by atoms with van der Waals surface area (Å²) in [4.78, 5) is 0. The highest BCUT2D eigenvalue weighted by Crippen LogP contribution is 2.49. The van der Waals surface area contributed by atoms with Crippen LogP contribution in [0.1, 0.15) is 5.56 Å². The highest BCUT2D eigenvalue weighted by Gasteiger charge is 2.22. The fourth-order valence-electron chi connectivity index (χ4n) is 7.87. The lowest BCUT2D eigenvalue weighted by molar-refractivity contribution is 1.47. The highest BCUT2D eigenvalue weighted by molar-refractivity contribution is 7.26. The zero-order chi connectivity index (χ0) is 34.6. The van der Waals surface area contributed by atoms with Crippen LogP contribution >= 0.6 is 22.7 Å². The van der Waals surface area contributed by atoms with Gasteiger partial charge in [0.25, 0.3) is 0 Å². The molecular formula is C49H29NS2. The van der Waals surface area contributed by atoms with Crippen molar-refractivity contribution in [3.05, 3.63) is 181 Å². The quantitative estimate of drug-likeness (QED) is 0.176. The predicted molar refractivity (Wildman–Crippen MR) is 224 cm³/mol. The number of hydrogen-bond donors (Lipinski definition) is 0. The van der Waals surface area contributed by atoms with Crippen LogP contribution in [0.4, 0.5) is 0 Å². The lowest BCUT2D eigenvalue weighted by atomic mass is 9.83. The third kappa shape index (κ3) is 4.96. The molecular weight excluding hydrogens is 667 g/mol. The molecule has 0 atom stereocenters. The Bertz CT molecular complexity index is 2900. The molecule has 0 aliphatic rings. The van der Waals surface area contributed by atoms with Crippen molar-refractivity contribution >= 4 is 63.0 Å². The average Bonchev–Trinajstić information content (AvgIpc) is 3.79. The molecule has 0 bridgehead atoms. The molecule has 0 unspecified atom stereocenters. The van der Waals surface area contributed by atoms with Gasteiger partial charge in [-0.25, -0.2) is 0 Å². The van der Waals surface area contributed by atoms with Crippen LogP contribution in [0.2, 0.25) is 0 Å². The molecule has 242 valence electrons. The third-order valence-corrected chi connectivity index (χ3v) is 12.4. The first-order chi connectivity index (χ1) is 25.7. The number of thiophene rings is 2. The topological polar surface area (TPSA) is 23.8 Å². The van der Waals surface area contributed by atoms with Crippen LogP contribution in [0.25, 0.3) is 96.0 Å². The van der Waals surface area contributed by atoms with Gasteiger partial charge in [0.15, 0.2) is 0 Å². The van der Waals surface area contributed by atoms with Gasteiger partial charge in [-0.1, -0.05) is 127 Å². The summed E-state index contributed by atoms with van der Waals surface area (Å²) in [7, 11) is 0. The molecule has 0 saturated carbocycles. The Kier molecular flexibility index (Phi) is 7.32. The molecule has 10 rings (SSSR count). The van der Waals surface area contributed by atoms with Crippen molar-refractivity contribution < 1.29 is 0 Å². The molecule has 0 spiro atoms. The average molecular weight is 696 g/mol. The molecule has 52 heavy (non-hydrogen) atoms. The van der Waals surface area contributed by atoms with Gasteiger partial charge in [0.05, 0.1) is 11.6 Å². The molecule has 1 nitrogen and oxygen atoms in total. The molecule has 3 heteroatoms. The van der Waals surface area contributed by atoms with Gasteiger partial charge < -0.3 is 0 Å². The highest BCUT2D eigenvalue weighted by atomic mass is 32.1.